The molecule has 0 fully saturated rings. The zero-order valence-electron chi connectivity index (χ0n) is 8.86. The van der Waals surface area contributed by atoms with Gasteiger partial charge in [0.1, 0.15) is 0 Å². The number of thiazole rings is 1. The zero-order valence-corrected chi connectivity index (χ0v) is 11.2. The summed E-state index contributed by atoms with van der Waals surface area (Å²) in [6, 6.07) is 5.47. The fourth-order valence-corrected chi connectivity index (χ4v) is 2.67. The average molecular weight is 288 g/mol. The summed E-state index contributed by atoms with van der Waals surface area (Å²) in [6.07, 6.45) is 2.56. The van der Waals surface area contributed by atoms with Crippen molar-refractivity contribution in [1.29, 1.82) is 0 Å². The van der Waals surface area contributed by atoms with Crippen LogP contribution in [0.1, 0.15) is 16.5 Å². The van der Waals surface area contributed by atoms with Gasteiger partial charge in [0.2, 0.25) is 0 Å². The molecule has 0 saturated carbocycles. The molecule has 3 nitrogen and oxygen atoms in total. The van der Waals surface area contributed by atoms with Crippen molar-refractivity contribution < 1.29 is 0 Å². The van der Waals surface area contributed by atoms with E-state index in [-0.39, 0.29) is 6.04 Å². The first-order valence-electron chi connectivity index (χ1n) is 4.99. The minimum absolute atomic E-state index is 0.0679. The molecule has 0 aliphatic carbocycles. The summed E-state index contributed by atoms with van der Waals surface area (Å²) >= 11 is 13.7. The molecule has 0 aliphatic heterocycles. The van der Waals surface area contributed by atoms with Gasteiger partial charge in [0.15, 0.2) is 0 Å². The first-order valence-corrected chi connectivity index (χ1v) is 6.63. The highest BCUT2D eigenvalue weighted by Crippen LogP contribution is 2.31. The Morgan fingerprint density at radius 3 is 2.88 bits per heavy atom. The van der Waals surface area contributed by atoms with Gasteiger partial charge < -0.3 is 0 Å². The van der Waals surface area contributed by atoms with Crippen molar-refractivity contribution in [2.75, 3.05) is 0 Å². The highest BCUT2D eigenvalue weighted by atomic mass is 35.5. The standard InChI is InChI=1S/C11H11Cl2N3S/c12-9-3-1-2-8(11(9)13)10(16-14)4-7-5-15-6-17-7/h1-3,5-6,10,16H,4,14H2. The van der Waals surface area contributed by atoms with Crippen LogP contribution in [0.15, 0.2) is 29.9 Å². The van der Waals surface area contributed by atoms with Crippen molar-refractivity contribution in [3.63, 3.8) is 0 Å². The molecule has 6 heteroatoms. The third-order valence-corrected chi connectivity index (χ3v) is 4.08. The molecule has 90 valence electrons. The van der Waals surface area contributed by atoms with Crippen LogP contribution in [0.4, 0.5) is 0 Å². The van der Waals surface area contributed by atoms with Gasteiger partial charge >= 0.3 is 0 Å². The largest absolute Gasteiger partial charge is 0.271 e. The summed E-state index contributed by atoms with van der Waals surface area (Å²) in [6.45, 7) is 0. The average Bonchev–Trinajstić information content (AvgIpc) is 2.83. The molecule has 0 radical (unpaired) electrons. The van der Waals surface area contributed by atoms with E-state index in [1.807, 2.05) is 18.3 Å². The third-order valence-electron chi connectivity index (χ3n) is 2.45. The molecule has 1 atom stereocenters. The van der Waals surface area contributed by atoms with Crippen LogP contribution in [0.25, 0.3) is 0 Å². The summed E-state index contributed by atoms with van der Waals surface area (Å²) in [4.78, 5) is 5.18. The van der Waals surface area contributed by atoms with E-state index in [1.54, 1.807) is 22.9 Å². The fraction of sp³-hybridized carbons (Fsp3) is 0.182. The lowest BCUT2D eigenvalue weighted by molar-refractivity contribution is 0.555. The van der Waals surface area contributed by atoms with Crippen LogP contribution >= 0.6 is 34.5 Å². The molecule has 0 bridgehead atoms. The van der Waals surface area contributed by atoms with Gasteiger partial charge in [0.25, 0.3) is 0 Å². The zero-order chi connectivity index (χ0) is 12.3. The molecule has 2 rings (SSSR count). The van der Waals surface area contributed by atoms with E-state index in [2.05, 4.69) is 10.4 Å². The highest BCUT2D eigenvalue weighted by Gasteiger charge is 2.16. The van der Waals surface area contributed by atoms with Gasteiger partial charge in [-0.05, 0) is 11.6 Å². The van der Waals surface area contributed by atoms with Crippen LogP contribution in [0.5, 0.6) is 0 Å². The van der Waals surface area contributed by atoms with Gasteiger partial charge in [0.05, 0.1) is 21.6 Å². The van der Waals surface area contributed by atoms with Gasteiger partial charge in [-0.25, -0.2) is 0 Å². The minimum atomic E-state index is -0.0679. The first-order chi connectivity index (χ1) is 8.22. The molecule has 1 aromatic heterocycles. The molecule has 1 unspecified atom stereocenters. The van der Waals surface area contributed by atoms with Crippen LogP contribution in [0, 0.1) is 0 Å². The Morgan fingerprint density at radius 1 is 1.41 bits per heavy atom. The van der Waals surface area contributed by atoms with Crippen LogP contribution in [-0.4, -0.2) is 4.98 Å². The molecule has 0 aliphatic rings. The number of benzene rings is 1. The summed E-state index contributed by atoms with van der Waals surface area (Å²) in [5.74, 6) is 5.57. The van der Waals surface area contributed by atoms with Crippen molar-refractivity contribution in [2.24, 2.45) is 5.84 Å². The molecular formula is C11H11Cl2N3S. The predicted molar refractivity (Wildman–Crippen MR) is 72.3 cm³/mol. The molecule has 17 heavy (non-hydrogen) atoms. The summed E-state index contributed by atoms with van der Waals surface area (Å²) < 4.78 is 0. The Kier molecular flexibility index (Phi) is 4.36. The van der Waals surface area contributed by atoms with Crippen molar-refractivity contribution in [3.05, 3.63) is 50.4 Å². The van der Waals surface area contributed by atoms with E-state index < -0.39 is 0 Å². The minimum Gasteiger partial charge on any atom is -0.271 e. The molecule has 1 aromatic carbocycles. The number of nitrogens with two attached hydrogens (primary N) is 1. The Bertz CT molecular complexity index is 487. The molecular weight excluding hydrogens is 277 g/mol. The number of aromatic nitrogens is 1. The third kappa shape index (κ3) is 2.97. The van der Waals surface area contributed by atoms with Gasteiger partial charge in [-0.15, -0.1) is 11.3 Å². The Morgan fingerprint density at radius 2 is 2.24 bits per heavy atom. The van der Waals surface area contributed by atoms with E-state index in [0.29, 0.717) is 10.0 Å². The number of nitrogens with zero attached hydrogens (tertiary/aromatic N) is 1. The summed E-state index contributed by atoms with van der Waals surface area (Å²) in [5, 5.41) is 1.08. The second-order valence-corrected chi connectivity index (χ2v) is 5.29. The Hall–Kier alpha value is -0.650. The first kappa shape index (κ1) is 12.8. The number of nitrogens with one attached hydrogen (secondary N) is 1. The normalized spacial score (nSPS) is 12.6. The van der Waals surface area contributed by atoms with Crippen LogP contribution < -0.4 is 11.3 Å². The predicted octanol–water partition coefficient (Wildman–Crippen LogP) is 3.20. The highest BCUT2D eigenvalue weighted by molar-refractivity contribution is 7.09. The van der Waals surface area contributed by atoms with Crippen molar-refractivity contribution in [1.82, 2.24) is 10.4 Å². The fourth-order valence-electron chi connectivity index (χ4n) is 1.59. The van der Waals surface area contributed by atoms with Crippen LogP contribution in [0.3, 0.4) is 0 Å². The molecule has 3 N–H and O–H groups in total. The maximum absolute atomic E-state index is 6.17. The van der Waals surface area contributed by atoms with E-state index in [1.165, 1.54) is 0 Å². The number of rotatable bonds is 4. The number of halogens is 2. The van der Waals surface area contributed by atoms with Crippen LogP contribution in [0.2, 0.25) is 10.0 Å². The SMILES string of the molecule is NNC(Cc1cncs1)c1cccc(Cl)c1Cl. The van der Waals surface area contributed by atoms with E-state index >= 15 is 0 Å². The number of hydrogen-bond donors (Lipinski definition) is 2. The number of hydrazine groups is 1. The maximum Gasteiger partial charge on any atom is 0.0794 e. The van der Waals surface area contributed by atoms with Gasteiger partial charge in [-0.3, -0.25) is 16.3 Å². The molecule has 0 saturated heterocycles. The van der Waals surface area contributed by atoms with Gasteiger partial charge in [-0.2, -0.15) is 0 Å². The van der Waals surface area contributed by atoms with E-state index in [4.69, 9.17) is 29.0 Å². The van der Waals surface area contributed by atoms with E-state index in [9.17, 15) is 0 Å². The second-order valence-electron chi connectivity index (χ2n) is 3.53. The Labute approximate surface area is 114 Å². The van der Waals surface area contributed by atoms with E-state index in [0.717, 1.165) is 16.9 Å². The molecule has 0 spiro atoms. The summed E-state index contributed by atoms with van der Waals surface area (Å²) in [7, 11) is 0. The van der Waals surface area contributed by atoms with Crippen molar-refractivity contribution >= 4 is 34.5 Å². The van der Waals surface area contributed by atoms with Crippen LogP contribution in [-0.2, 0) is 6.42 Å². The quantitative estimate of drug-likeness (QED) is 0.671. The lowest BCUT2D eigenvalue weighted by Gasteiger charge is -2.17. The number of hydrogen-bond acceptors (Lipinski definition) is 4. The van der Waals surface area contributed by atoms with Crippen molar-refractivity contribution in [2.45, 2.75) is 12.5 Å². The molecule has 1 heterocycles. The van der Waals surface area contributed by atoms with Gasteiger partial charge in [-0.1, -0.05) is 35.3 Å². The Balaban J connectivity index is 2.26. The topological polar surface area (TPSA) is 50.9 Å². The molecule has 0 amide bonds. The smallest absolute Gasteiger partial charge is 0.0794 e. The lowest BCUT2D eigenvalue weighted by atomic mass is 10.0. The lowest BCUT2D eigenvalue weighted by Crippen LogP contribution is -2.29. The maximum atomic E-state index is 6.17. The summed E-state index contributed by atoms with van der Waals surface area (Å²) in [5.41, 5.74) is 5.45. The monoisotopic (exact) mass is 287 g/mol. The molecule has 2 aromatic rings. The van der Waals surface area contributed by atoms with Crippen molar-refractivity contribution in [3.8, 4) is 0 Å². The van der Waals surface area contributed by atoms with Gasteiger partial charge in [0, 0.05) is 17.5 Å². The second kappa shape index (κ2) is 5.80.